The van der Waals surface area contributed by atoms with E-state index in [1.54, 1.807) is 53.4 Å². The lowest BCUT2D eigenvalue weighted by molar-refractivity contribution is -0.128. The molecule has 2 amide bonds. The summed E-state index contributed by atoms with van der Waals surface area (Å²) in [6, 6.07) is 13.6. The summed E-state index contributed by atoms with van der Waals surface area (Å²) in [7, 11) is -0.933. The summed E-state index contributed by atoms with van der Waals surface area (Å²) < 4.78 is 28.4. The van der Waals surface area contributed by atoms with Crippen LogP contribution in [0.15, 0.2) is 60.4 Å². The van der Waals surface area contributed by atoms with Gasteiger partial charge < -0.3 is 10.2 Å². The molecule has 10 heteroatoms. The van der Waals surface area contributed by atoms with Gasteiger partial charge in [-0.2, -0.15) is 12.7 Å². The van der Waals surface area contributed by atoms with Gasteiger partial charge >= 0.3 is 10.2 Å². The lowest BCUT2D eigenvalue weighted by atomic mass is 10.1. The highest BCUT2D eigenvalue weighted by molar-refractivity contribution is 7.87. The van der Waals surface area contributed by atoms with Crippen molar-refractivity contribution in [3.05, 3.63) is 76.6 Å². The van der Waals surface area contributed by atoms with E-state index >= 15 is 0 Å². The molecule has 1 aromatic heterocycles. The minimum Gasteiger partial charge on any atom is -0.337 e. The van der Waals surface area contributed by atoms with Gasteiger partial charge in [-0.25, -0.2) is 3.97 Å². The summed E-state index contributed by atoms with van der Waals surface area (Å²) in [5.41, 5.74) is 1.19. The van der Waals surface area contributed by atoms with Crippen LogP contribution in [0.4, 0.5) is 0 Å². The number of nitrogens with zero attached hydrogens (tertiary/aromatic N) is 3. The first-order chi connectivity index (χ1) is 17.8. The first-order valence-electron chi connectivity index (χ1n) is 12.4. The normalized spacial score (nSPS) is 12.5. The van der Waals surface area contributed by atoms with Crippen molar-refractivity contribution in [3.8, 4) is 0 Å². The second-order valence-corrected chi connectivity index (χ2v) is 12.6. The van der Waals surface area contributed by atoms with Gasteiger partial charge in [0, 0.05) is 44.3 Å². The number of carbonyl (C=O) groups is 2. The van der Waals surface area contributed by atoms with Crippen molar-refractivity contribution < 1.29 is 18.0 Å². The van der Waals surface area contributed by atoms with Gasteiger partial charge in [0.05, 0.1) is 16.1 Å². The molecule has 0 atom stereocenters. The molecule has 0 unspecified atom stereocenters. The van der Waals surface area contributed by atoms with Crippen LogP contribution in [0.25, 0.3) is 17.0 Å². The van der Waals surface area contributed by atoms with E-state index in [2.05, 4.69) is 5.32 Å². The Kier molecular flexibility index (Phi) is 9.40. The number of para-hydroxylation sites is 1. The van der Waals surface area contributed by atoms with E-state index in [1.807, 2.05) is 27.7 Å². The molecule has 0 aliphatic carbocycles. The fourth-order valence-electron chi connectivity index (χ4n) is 4.09. The monoisotopic (exact) mass is 558 g/mol. The van der Waals surface area contributed by atoms with Crippen LogP contribution in [-0.2, 0) is 15.0 Å². The number of nitrogens with one attached hydrogen (secondary N) is 1. The van der Waals surface area contributed by atoms with Crippen molar-refractivity contribution in [3.63, 3.8) is 0 Å². The third-order valence-corrected chi connectivity index (χ3v) is 7.83. The van der Waals surface area contributed by atoms with E-state index in [4.69, 9.17) is 11.6 Å². The van der Waals surface area contributed by atoms with Crippen molar-refractivity contribution in [2.45, 2.75) is 27.7 Å². The Hall–Kier alpha value is -3.14. The standard InChI is InChI=1S/C28H35ClN4O4S/c1-19(2)16-32(17-20(3)4)28(35)25(30-27(34)23-12-7-9-13-24(23)29)15-21-18-33(38(36,37)31(5)6)26-14-10-8-11-22(21)26/h7-15,18-20H,16-17H2,1-6H3,(H,30,34)/b25-15-. The zero-order valence-corrected chi connectivity index (χ0v) is 24.2. The molecule has 2 aromatic carbocycles. The zero-order chi connectivity index (χ0) is 28.2. The number of rotatable bonds is 10. The maximum atomic E-state index is 13.9. The third-order valence-electron chi connectivity index (χ3n) is 5.77. The first kappa shape index (κ1) is 29.4. The van der Waals surface area contributed by atoms with E-state index in [0.29, 0.717) is 29.6 Å². The second-order valence-electron chi connectivity index (χ2n) is 10.2. The molecule has 0 aliphatic heterocycles. The van der Waals surface area contributed by atoms with Gasteiger partial charge in [-0.3, -0.25) is 9.59 Å². The molecule has 0 saturated heterocycles. The van der Waals surface area contributed by atoms with Crippen LogP contribution < -0.4 is 5.32 Å². The number of benzene rings is 2. The fourth-order valence-corrected chi connectivity index (χ4v) is 5.32. The van der Waals surface area contributed by atoms with Gasteiger partial charge in [-0.15, -0.1) is 0 Å². The van der Waals surface area contributed by atoms with Crippen LogP contribution in [0.3, 0.4) is 0 Å². The number of carbonyl (C=O) groups excluding carboxylic acids is 2. The molecule has 38 heavy (non-hydrogen) atoms. The number of fused-ring (bicyclic) bond motifs is 1. The average Bonchev–Trinajstić information content (AvgIpc) is 3.21. The fraction of sp³-hybridized carbons (Fsp3) is 0.357. The van der Waals surface area contributed by atoms with E-state index < -0.39 is 16.1 Å². The van der Waals surface area contributed by atoms with Crippen LogP contribution in [0.5, 0.6) is 0 Å². The van der Waals surface area contributed by atoms with Crippen LogP contribution in [-0.4, -0.2) is 60.6 Å². The molecule has 0 saturated carbocycles. The lowest BCUT2D eigenvalue weighted by Gasteiger charge is -2.27. The number of amides is 2. The molecule has 0 spiro atoms. The minimum atomic E-state index is -3.84. The lowest BCUT2D eigenvalue weighted by Crippen LogP contribution is -2.42. The van der Waals surface area contributed by atoms with E-state index in [1.165, 1.54) is 30.3 Å². The molecule has 1 N–H and O–H groups in total. The van der Waals surface area contributed by atoms with Crippen LogP contribution in [0.1, 0.15) is 43.6 Å². The predicted molar refractivity (Wildman–Crippen MR) is 153 cm³/mol. The van der Waals surface area contributed by atoms with Gasteiger partial charge in [-0.05, 0) is 36.1 Å². The van der Waals surface area contributed by atoms with Gasteiger partial charge in [-0.1, -0.05) is 69.6 Å². The molecule has 0 fully saturated rings. The minimum absolute atomic E-state index is 0.0290. The Labute approximate surface area is 230 Å². The summed E-state index contributed by atoms with van der Waals surface area (Å²) in [4.78, 5) is 28.8. The molecule has 0 radical (unpaired) electrons. The summed E-state index contributed by atoms with van der Waals surface area (Å²) in [5.74, 6) is -0.496. The number of hydrogen-bond acceptors (Lipinski definition) is 4. The predicted octanol–water partition coefficient (Wildman–Crippen LogP) is 4.86. The Morgan fingerprint density at radius 3 is 2.13 bits per heavy atom. The van der Waals surface area contributed by atoms with Crippen molar-refractivity contribution in [2.75, 3.05) is 27.2 Å². The number of hydrogen-bond donors (Lipinski definition) is 1. The summed E-state index contributed by atoms with van der Waals surface area (Å²) >= 11 is 6.25. The van der Waals surface area contributed by atoms with Gasteiger partial charge in [0.25, 0.3) is 11.8 Å². The maximum absolute atomic E-state index is 13.9. The summed E-state index contributed by atoms with van der Waals surface area (Å²) in [6.45, 7) is 9.07. The van der Waals surface area contributed by atoms with Gasteiger partial charge in [0.15, 0.2) is 0 Å². The summed E-state index contributed by atoms with van der Waals surface area (Å²) in [6.07, 6.45) is 3.00. The molecule has 3 rings (SSSR count). The van der Waals surface area contributed by atoms with Crippen molar-refractivity contribution in [1.82, 2.24) is 18.5 Å². The molecular weight excluding hydrogens is 524 g/mol. The van der Waals surface area contributed by atoms with Crippen molar-refractivity contribution in [1.29, 1.82) is 0 Å². The van der Waals surface area contributed by atoms with Crippen LogP contribution >= 0.6 is 11.6 Å². The van der Waals surface area contributed by atoms with Gasteiger partial charge in [0.1, 0.15) is 5.70 Å². The van der Waals surface area contributed by atoms with Crippen LogP contribution in [0.2, 0.25) is 5.02 Å². The molecular formula is C28H35ClN4O4S. The quantitative estimate of drug-likeness (QED) is 0.360. The van der Waals surface area contributed by atoms with E-state index in [9.17, 15) is 18.0 Å². The van der Waals surface area contributed by atoms with Gasteiger partial charge in [0.2, 0.25) is 0 Å². The first-order valence-corrected chi connectivity index (χ1v) is 14.2. The Balaban J connectivity index is 2.19. The largest absolute Gasteiger partial charge is 0.337 e. The molecule has 3 aromatic rings. The third kappa shape index (κ3) is 6.64. The molecule has 8 nitrogen and oxygen atoms in total. The molecule has 0 aliphatic rings. The highest BCUT2D eigenvalue weighted by Gasteiger charge is 2.25. The van der Waals surface area contributed by atoms with Crippen molar-refractivity contribution in [2.24, 2.45) is 11.8 Å². The van der Waals surface area contributed by atoms with E-state index in [-0.39, 0.29) is 34.0 Å². The number of halogens is 1. The second kappa shape index (κ2) is 12.1. The Bertz CT molecular complexity index is 1450. The highest BCUT2D eigenvalue weighted by Crippen LogP contribution is 2.26. The van der Waals surface area contributed by atoms with E-state index in [0.717, 1.165) is 4.31 Å². The van der Waals surface area contributed by atoms with Crippen LogP contribution in [0, 0.1) is 11.8 Å². The Morgan fingerprint density at radius 2 is 1.55 bits per heavy atom. The smallest absolute Gasteiger partial charge is 0.307 e. The topological polar surface area (TPSA) is 91.7 Å². The molecule has 1 heterocycles. The maximum Gasteiger partial charge on any atom is 0.307 e. The zero-order valence-electron chi connectivity index (χ0n) is 22.6. The highest BCUT2D eigenvalue weighted by atomic mass is 35.5. The number of aromatic nitrogens is 1. The summed E-state index contributed by atoms with van der Waals surface area (Å²) in [5, 5.41) is 3.64. The molecule has 0 bridgehead atoms. The van der Waals surface area contributed by atoms with Crippen molar-refractivity contribution >= 4 is 50.6 Å². The average molecular weight is 559 g/mol. The molecule has 204 valence electrons. The SMILES string of the molecule is CC(C)CN(CC(C)C)C(=O)/C(=C/c1cn(S(=O)(=O)N(C)C)c2ccccc12)NC(=O)c1ccccc1Cl. The Morgan fingerprint density at radius 1 is 0.974 bits per heavy atom.